The minimum absolute atomic E-state index is 0.838. The molecule has 0 N–H and O–H groups in total. The van der Waals surface area contributed by atoms with E-state index in [4.69, 9.17) is 0 Å². The van der Waals surface area contributed by atoms with Crippen LogP contribution in [0.5, 0.6) is 0 Å². The third kappa shape index (κ3) is 5.46. The maximum atomic E-state index is 3.98. The smallest absolute Gasteiger partial charge is 0.215 e. The standard InChI is InChI=1S/C18H30N2Si/c1-7-13-19(14-8-2)21(17-11-5,18-12-6)20(15-9-3)16-10-4/h7-12H,1-6,13-18H2. The summed E-state index contributed by atoms with van der Waals surface area (Å²) in [5.74, 6) is 0. The molecule has 3 heteroatoms. The van der Waals surface area contributed by atoms with E-state index >= 15 is 0 Å². The van der Waals surface area contributed by atoms with Crippen LogP contribution in [0.1, 0.15) is 0 Å². The summed E-state index contributed by atoms with van der Waals surface area (Å²) in [5, 5.41) is 0. The van der Waals surface area contributed by atoms with Crippen LogP contribution in [0.2, 0.25) is 12.1 Å². The van der Waals surface area contributed by atoms with Crippen LogP contribution in [0.3, 0.4) is 0 Å². The molecule has 2 nitrogen and oxygen atoms in total. The predicted molar refractivity (Wildman–Crippen MR) is 99.7 cm³/mol. The average Bonchev–Trinajstić information content (AvgIpc) is 2.46. The van der Waals surface area contributed by atoms with Crippen molar-refractivity contribution in [3.8, 4) is 0 Å². The van der Waals surface area contributed by atoms with E-state index in [-0.39, 0.29) is 0 Å². The molecule has 0 saturated heterocycles. The van der Waals surface area contributed by atoms with Gasteiger partial charge in [0, 0.05) is 26.2 Å². The molecule has 0 aromatic carbocycles. The first-order chi connectivity index (χ1) is 10.2. The van der Waals surface area contributed by atoms with Gasteiger partial charge in [0.2, 0.25) is 8.40 Å². The first-order valence-electron chi connectivity index (χ1n) is 7.32. The lowest BCUT2D eigenvalue weighted by Gasteiger charge is -2.47. The third-order valence-electron chi connectivity index (χ3n) is 3.52. The van der Waals surface area contributed by atoms with E-state index in [0.29, 0.717) is 0 Å². The van der Waals surface area contributed by atoms with Crippen molar-refractivity contribution in [1.82, 2.24) is 9.13 Å². The largest absolute Gasteiger partial charge is 0.304 e. The van der Waals surface area contributed by atoms with Crippen LogP contribution in [0.15, 0.2) is 75.9 Å². The number of hydrogen-bond donors (Lipinski definition) is 0. The molecule has 0 aromatic heterocycles. The number of hydrogen-bond acceptors (Lipinski definition) is 2. The molecule has 0 bridgehead atoms. The Balaban J connectivity index is 5.82. The monoisotopic (exact) mass is 302 g/mol. The van der Waals surface area contributed by atoms with Crippen molar-refractivity contribution in [1.29, 1.82) is 0 Å². The zero-order chi connectivity index (χ0) is 16.1. The molecule has 0 aromatic rings. The Bertz CT molecular complexity index is 317. The van der Waals surface area contributed by atoms with Crippen molar-refractivity contribution in [3.63, 3.8) is 0 Å². The lowest BCUT2D eigenvalue weighted by Crippen LogP contribution is -2.65. The van der Waals surface area contributed by atoms with Gasteiger partial charge in [0.15, 0.2) is 0 Å². The molecule has 0 atom stereocenters. The summed E-state index contributed by atoms with van der Waals surface area (Å²) in [6.45, 7) is 26.9. The second-order valence-corrected chi connectivity index (χ2v) is 8.98. The Morgan fingerprint density at radius 3 is 1.00 bits per heavy atom. The maximum absolute atomic E-state index is 3.98. The molecule has 116 valence electrons. The van der Waals surface area contributed by atoms with Crippen molar-refractivity contribution in [3.05, 3.63) is 75.9 Å². The summed E-state index contributed by atoms with van der Waals surface area (Å²) in [5.41, 5.74) is 0. The summed E-state index contributed by atoms with van der Waals surface area (Å²) in [7, 11) is -1.99. The van der Waals surface area contributed by atoms with Gasteiger partial charge in [-0.2, -0.15) is 0 Å². The Kier molecular flexibility index (Phi) is 10.5. The van der Waals surface area contributed by atoms with Gasteiger partial charge in [0.1, 0.15) is 0 Å². The maximum Gasteiger partial charge on any atom is 0.215 e. The van der Waals surface area contributed by atoms with Crippen LogP contribution in [-0.4, -0.2) is 43.7 Å². The Morgan fingerprint density at radius 1 is 0.524 bits per heavy atom. The molecular weight excluding hydrogens is 272 g/mol. The van der Waals surface area contributed by atoms with Crippen LogP contribution < -0.4 is 0 Å². The third-order valence-corrected chi connectivity index (χ3v) is 8.49. The SMILES string of the molecule is C=CCN(CC=C)[Si](CC=C)(CC=C)N(CC=C)CC=C. The summed E-state index contributed by atoms with van der Waals surface area (Å²) < 4.78 is 4.98. The molecule has 21 heavy (non-hydrogen) atoms. The van der Waals surface area contributed by atoms with Gasteiger partial charge in [-0.3, -0.25) is 0 Å². The highest BCUT2D eigenvalue weighted by atomic mass is 28.3. The van der Waals surface area contributed by atoms with Gasteiger partial charge < -0.3 is 9.13 Å². The fourth-order valence-corrected chi connectivity index (χ4v) is 7.11. The van der Waals surface area contributed by atoms with Crippen molar-refractivity contribution in [2.45, 2.75) is 12.1 Å². The van der Waals surface area contributed by atoms with Gasteiger partial charge in [-0.05, 0) is 12.1 Å². The number of nitrogens with zero attached hydrogens (tertiary/aromatic N) is 2. The van der Waals surface area contributed by atoms with Gasteiger partial charge in [0.05, 0.1) is 0 Å². The molecule has 0 amide bonds. The minimum Gasteiger partial charge on any atom is -0.304 e. The highest BCUT2D eigenvalue weighted by molar-refractivity contribution is 6.75. The Labute approximate surface area is 132 Å². The fraction of sp³-hybridized carbons (Fsp3) is 0.333. The summed E-state index contributed by atoms with van der Waals surface area (Å²) in [4.78, 5) is 0. The molecular formula is C18H30N2Si. The van der Waals surface area contributed by atoms with E-state index in [9.17, 15) is 0 Å². The highest BCUT2D eigenvalue weighted by Crippen LogP contribution is 2.26. The lowest BCUT2D eigenvalue weighted by molar-refractivity contribution is 0.392. The second-order valence-electron chi connectivity index (χ2n) is 4.93. The molecule has 0 spiro atoms. The van der Waals surface area contributed by atoms with E-state index < -0.39 is 8.40 Å². The van der Waals surface area contributed by atoms with E-state index in [1.54, 1.807) is 0 Å². The number of allylic oxidation sites excluding steroid dienone is 2. The van der Waals surface area contributed by atoms with Crippen LogP contribution in [0, 0.1) is 0 Å². The van der Waals surface area contributed by atoms with Crippen molar-refractivity contribution in [2.75, 3.05) is 26.2 Å². The highest BCUT2D eigenvalue weighted by Gasteiger charge is 2.41. The van der Waals surface area contributed by atoms with E-state index in [0.717, 1.165) is 38.3 Å². The molecule has 0 aliphatic carbocycles. The van der Waals surface area contributed by atoms with E-state index in [2.05, 4.69) is 48.6 Å². The van der Waals surface area contributed by atoms with Gasteiger partial charge in [-0.1, -0.05) is 36.5 Å². The van der Waals surface area contributed by atoms with Crippen molar-refractivity contribution < 1.29 is 0 Å². The zero-order valence-electron chi connectivity index (χ0n) is 13.3. The average molecular weight is 303 g/mol. The first kappa shape index (κ1) is 19.6. The Morgan fingerprint density at radius 2 is 0.810 bits per heavy atom. The molecule has 0 radical (unpaired) electrons. The molecule has 0 heterocycles. The van der Waals surface area contributed by atoms with Crippen LogP contribution in [-0.2, 0) is 0 Å². The predicted octanol–water partition coefficient (Wildman–Crippen LogP) is 4.15. The Hall–Kier alpha value is -1.42. The molecule has 0 saturated carbocycles. The van der Waals surface area contributed by atoms with Crippen molar-refractivity contribution in [2.24, 2.45) is 0 Å². The number of rotatable bonds is 14. The van der Waals surface area contributed by atoms with Crippen LogP contribution in [0.4, 0.5) is 0 Å². The lowest BCUT2D eigenvalue weighted by atomic mass is 10.5. The van der Waals surface area contributed by atoms with Crippen LogP contribution >= 0.6 is 0 Å². The quantitative estimate of drug-likeness (QED) is 0.351. The summed E-state index contributed by atoms with van der Waals surface area (Å²) in [6.07, 6.45) is 11.9. The zero-order valence-corrected chi connectivity index (χ0v) is 14.3. The molecule has 0 aliphatic rings. The van der Waals surface area contributed by atoms with Crippen molar-refractivity contribution >= 4 is 8.40 Å². The normalized spacial score (nSPS) is 11.1. The minimum atomic E-state index is -1.99. The summed E-state index contributed by atoms with van der Waals surface area (Å²) >= 11 is 0. The van der Waals surface area contributed by atoms with Crippen LogP contribution in [0.25, 0.3) is 0 Å². The topological polar surface area (TPSA) is 6.48 Å². The first-order valence-corrected chi connectivity index (χ1v) is 9.63. The van der Waals surface area contributed by atoms with Gasteiger partial charge in [0.25, 0.3) is 0 Å². The molecule has 0 fully saturated rings. The van der Waals surface area contributed by atoms with Gasteiger partial charge in [-0.25, -0.2) is 0 Å². The molecule has 0 rings (SSSR count). The second kappa shape index (κ2) is 11.3. The molecule has 0 aliphatic heterocycles. The van der Waals surface area contributed by atoms with Gasteiger partial charge >= 0.3 is 0 Å². The molecule has 0 unspecified atom stereocenters. The fourth-order valence-electron chi connectivity index (χ4n) is 2.71. The van der Waals surface area contributed by atoms with E-state index in [1.165, 1.54) is 0 Å². The van der Waals surface area contributed by atoms with Gasteiger partial charge in [-0.15, -0.1) is 39.5 Å². The summed E-state index contributed by atoms with van der Waals surface area (Å²) in [6, 6.07) is 1.92. The van der Waals surface area contributed by atoms with E-state index in [1.807, 2.05) is 36.5 Å².